The summed E-state index contributed by atoms with van der Waals surface area (Å²) < 4.78 is 5.65. The van der Waals surface area contributed by atoms with E-state index in [4.69, 9.17) is 4.74 Å². The number of hydrogen-bond acceptors (Lipinski definition) is 5. The molecule has 6 nitrogen and oxygen atoms in total. The molecular formula is C18H26N2O4. The number of aliphatic hydroxyl groups excluding tert-OH is 2. The van der Waals surface area contributed by atoms with E-state index in [0.717, 1.165) is 31.4 Å². The summed E-state index contributed by atoms with van der Waals surface area (Å²) in [6.45, 7) is 2.15. The number of ether oxygens (including phenoxy) is 1. The van der Waals surface area contributed by atoms with Gasteiger partial charge in [-0.25, -0.2) is 4.98 Å². The van der Waals surface area contributed by atoms with Crippen molar-refractivity contribution < 1.29 is 19.7 Å². The maximum atomic E-state index is 12.2. The van der Waals surface area contributed by atoms with Gasteiger partial charge in [0.1, 0.15) is 6.10 Å². The van der Waals surface area contributed by atoms with Gasteiger partial charge < -0.3 is 20.3 Å². The lowest BCUT2D eigenvalue weighted by molar-refractivity contribution is -0.126. The van der Waals surface area contributed by atoms with Gasteiger partial charge in [0.2, 0.25) is 11.8 Å². The van der Waals surface area contributed by atoms with Crippen LogP contribution in [0.2, 0.25) is 0 Å². The van der Waals surface area contributed by atoms with Crippen LogP contribution in [0.25, 0.3) is 0 Å². The minimum Gasteiger partial charge on any atom is -0.477 e. The zero-order valence-electron chi connectivity index (χ0n) is 14.0. The summed E-state index contributed by atoms with van der Waals surface area (Å²) in [7, 11) is 0. The Bertz CT molecular complexity index is 574. The molecule has 4 unspecified atom stereocenters. The van der Waals surface area contributed by atoms with Crippen LogP contribution in [0, 0.1) is 18.8 Å². The minimum atomic E-state index is -0.950. The van der Waals surface area contributed by atoms with Gasteiger partial charge >= 0.3 is 0 Å². The Morgan fingerprint density at radius 1 is 1.29 bits per heavy atom. The molecular weight excluding hydrogens is 308 g/mol. The van der Waals surface area contributed by atoms with E-state index in [1.807, 2.05) is 19.1 Å². The van der Waals surface area contributed by atoms with Crippen molar-refractivity contribution in [2.45, 2.75) is 57.3 Å². The Morgan fingerprint density at radius 2 is 2.04 bits per heavy atom. The largest absolute Gasteiger partial charge is 0.477 e. The van der Waals surface area contributed by atoms with Crippen LogP contribution in [0.1, 0.15) is 37.8 Å². The highest BCUT2D eigenvalue weighted by Crippen LogP contribution is 2.29. The normalized spacial score (nSPS) is 30.5. The lowest BCUT2D eigenvalue weighted by Crippen LogP contribution is -2.45. The minimum absolute atomic E-state index is 0.00525. The summed E-state index contributed by atoms with van der Waals surface area (Å²) in [6.07, 6.45) is 2.68. The van der Waals surface area contributed by atoms with Crippen molar-refractivity contribution in [1.29, 1.82) is 0 Å². The van der Waals surface area contributed by atoms with Gasteiger partial charge in [-0.2, -0.15) is 0 Å². The second-order valence-electron chi connectivity index (χ2n) is 7.00. The summed E-state index contributed by atoms with van der Waals surface area (Å²) >= 11 is 0. The van der Waals surface area contributed by atoms with Crippen molar-refractivity contribution in [2.75, 3.05) is 6.61 Å². The molecule has 1 aromatic rings. The number of carbonyl (C=O) groups excluding carboxylic acids is 1. The molecule has 1 amide bonds. The first kappa shape index (κ1) is 17.2. The standard InChI is InChI=1S/C18H26N2O4/c1-11-5-4-8-15(19-11)24-10-13-9-14(17(22)16(13)21)20-18(23)12-6-2-3-7-12/h4-5,8,12-14,16-17,21-22H,2-3,6-7,9-10H2,1H3,(H,20,23). The van der Waals surface area contributed by atoms with Crippen molar-refractivity contribution in [3.63, 3.8) is 0 Å². The van der Waals surface area contributed by atoms with Crippen LogP contribution < -0.4 is 10.1 Å². The van der Waals surface area contributed by atoms with Crippen molar-refractivity contribution in [1.82, 2.24) is 10.3 Å². The molecule has 2 saturated carbocycles. The highest BCUT2D eigenvalue weighted by molar-refractivity contribution is 5.79. The molecule has 1 heterocycles. The lowest BCUT2D eigenvalue weighted by atomic mass is 10.1. The fourth-order valence-corrected chi connectivity index (χ4v) is 3.71. The van der Waals surface area contributed by atoms with Gasteiger partial charge in [0.05, 0.1) is 18.8 Å². The van der Waals surface area contributed by atoms with E-state index < -0.39 is 18.2 Å². The average molecular weight is 334 g/mol. The topological polar surface area (TPSA) is 91.7 Å². The maximum absolute atomic E-state index is 12.2. The van der Waals surface area contributed by atoms with Crippen LogP contribution in [0.3, 0.4) is 0 Å². The number of rotatable bonds is 5. The Morgan fingerprint density at radius 3 is 2.75 bits per heavy atom. The number of carbonyl (C=O) groups is 1. The Hall–Kier alpha value is -1.66. The molecule has 0 radical (unpaired) electrons. The van der Waals surface area contributed by atoms with Gasteiger partial charge in [-0.1, -0.05) is 18.9 Å². The first-order valence-corrected chi connectivity index (χ1v) is 8.77. The van der Waals surface area contributed by atoms with Gasteiger partial charge in [-0.05, 0) is 32.3 Å². The quantitative estimate of drug-likeness (QED) is 0.752. The van der Waals surface area contributed by atoms with E-state index >= 15 is 0 Å². The number of aryl methyl sites for hydroxylation is 1. The second kappa shape index (κ2) is 7.49. The van der Waals surface area contributed by atoms with Gasteiger partial charge in [0.25, 0.3) is 0 Å². The zero-order valence-corrected chi connectivity index (χ0v) is 14.0. The highest BCUT2D eigenvalue weighted by atomic mass is 16.5. The Balaban J connectivity index is 1.53. The number of nitrogens with zero attached hydrogens (tertiary/aromatic N) is 1. The second-order valence-corrected chi connectivity index (χ2v) is 7.00. The predicted octanol–water partition coefficient (Wildman–Crippen LogP) is 1.19. The summed E-state index contributed by atoms with van der Waals surface area (Å²) in [4.78, 5) is 16.5. The molecule has 0 aliphatic heterocycles. The molecule has 2 aliphatic rings. The van der Waals surface area contributed by atoms with E-state index in [9.17, 15) is 15.0 Å². The number of aliphatic hydroxyl groups is 2. The summed E-state index contributed by atoms with van der Waals surface area (Å²) in [5.74, 6) is 0.345. The van der Waals surface area contributed by atoms with Gasteiger partial charge in [-0.15, -0.1) is 0 Å². The van der Waals surface area contributed by atoms with E-state index in [0.29, 0.717) is 12.3 Å². The molecule has 24 heavy (non-hydrogen) atoms. The van der Waals surface area contributed by atoms with Gasteiger partial charge in [0, 0.05) is 23.6 Å². The van der Waals surface area contributed by atoms with E-state index in [2.05, 4.69) is 10.3 Å². The molecule has 132 valence electrons. The Labute approximate surface area is 142 Å². The SMILES string of the molecule is Cc1cccc(OCC2CC(NC(=O)C3CCCC3)C(O)C2O)n1. The predicted molar refractivity (Wildman–Crippen MR) is 88.5 cm³/mol. The third-order valence-electron chi connectivity index (χ3n) is 5.16. The molecule has 4 atom stereocenters. The van der Waals surface area contributed by atoms with Crippen LogP contribution in [0.5, 0.6) is 5.88 Å². The molecule has 1 aromatic heterocycles. The zero-order chi connectivity index (χ0) is 17.1. The number of hydrogen-bond donors (Lipinski definition) is 3. The molecule has 0 aromatic carbocycles. The smallest absolute Gasteiger partial charge is 0.223 e. The van der Waals surface area contributed by atoms with E-state index in [1.165, 1.54) is 0 Å². The fourth-order valence-electron chi connectivity index (χ4n) is 3.71. The number of aromatic nitrogens is 1. The third-order valence-corrected chi connectivity index (χ3v) is 5.16. The van der Waals surface area contributed by atoms with Crippen LogP contribution in [-0.2, 0) is 4.79 Å². The van der Waals surface area contributed by atoms with E-state index in [-0.39, 0.29) is 24.3 Å². The third kappa shape index (κ3) is 3.87. The van der Waals surface area contributed by atoms with Crippen molar-refractivity contribution in [3.8, 4) is 5.88 Å². The van der Waals surface area contributed by atoms with Crippen LogP contribution in [-0.4, -0.2) is 46.0 Å². The number of nitrogens with one attached hydrogen (secondary N) is 1. The highest BCUT2D eigenvalue weighted by Gasteiger charge is 2.43. The van der Waals surface area contributed by atoms with E-state index in [1.54, 1.807) is 6.07 Å². The molecule has 2 aliphatic carbocycles. The molecule has 3 N–H and O–H groups in total. The lowest BCUT2D eigenvalue weighted by Gasteiger charge is -2.20. The molecule has 0 saturated heterocycles. The van der Waals surface area contributed by atoms with Crippen LogP contribution >= 0.6 is 0 Å². The number of amides is 1. The van der Waals surface area contributed by atoms with Gasteiger partial charge in [0.15, 0.2) is 0 Å². The summed E-state index contributed by atoms with van der Waals surface area (Å²) in [6, 6.07) is 5.11. The maximum Gasteiger partial charge on any atom is 0.223 e. The molecule has 0 bridgehead atoms. The van der Waals surface area contributed by atoms with Crippen molar-refractivity contribution in [3.05, 3.63) is 23.9 Å². The number of pyridine rings is 1. The molecule has 3 rings (SSSR count). The summed E-state index contributed by atoms with van der Waals surface area (Å²) in [5.41, 5.74) is 0.862. The molecule has 2 fully saturated rings. The molecule has 0 spiro atoms. The average Bonchev–Trinajstić information content (AvgIpc) is 3.18. The Kier molecular flexibility index (Phi) is 5.36. The molecule has 6 heteroatoms. The first-order valence-electron chi connectivity index (χ1n) is 8.77. The van der Waals surface area contributed by atoms with Crippen LogP contribution in [0.4, 0.5) is 0 Å². The van der Waals surface area contributed by atoms with Gasteiger partial charge in [-0.3, -0.25) is 4.79 Å². The first-order chi connectivity index (χ1) is 11.5. The van der Waals surface area contributed by atoms with Crippen molar-refractivity contribution in [2.24, 2.45) is 11.8 Å². The monoisotopic (exact) mass is 334 g/mol. The van der Waals surface area contributed by atoms with Crippen molar-refractivity contribution >= 4 is 5.91 Å². The van der Waals surface area contributed by atoms with Crippen LogP contribution in [0.15, 0.2) is 18.2 Å². The fraction of sp³-hybridized carbons (Fsp3) is 0.667. The summed E-state index contributed by atoms with van der Waals surface area (Å²) in [5, 5.41) is 23.4.